The molecule has 104 valence electrons. The maximum absolute atomic E-state index is 9.62. The minimum atomic E-state index is -0.303. The highest BCUT2D eigenvalue weighted by Crippen LogP contribution is 2.05. The van der Waals surface area contributed by atoms with Crippen molar-refractivity contribution < 1.29 is 14.6 Å². The van der Waals surface area contributed by atoms with Gasteiger partial charge < -0.3 is 14.6 Å². The molecule has 1 N–H and O–H groups in total. The fourth-order valence-electron chi connectivity index (χ4n) is 1.58. The molecule has 0 aromatic rings. The predicted octanol–water partition coefficient (Wildman–Crippen LogP) is 3.15. The number of hydrogen-bond acceptors (Lipinski definition) is 3. The van der Waals surface area contributed by atoms with E-state index in [0.717, 1.165) is 32.3 Å². The van der Waals surface area contributed by atoms with Crippen molar-refractivity contribution >= 4 is 0 Å². The van der Waals surface area contributed by atoms with E-state index in [1.807, 2.05) is 0 Å². The van der Waals surface area contributed by atoms with Crippen LogP contribution in [0.2, 0.25) is 0 Å². The van der Waals surface area contributed by atoms with Crippen molar-refractivity contribution in [3.63, 3.8) is 0 Å². The molecule has 1 atom stereocenters. The van der Waals surface area contributed by atoms with E-state index >= 15 is 0 Å². The van der Waals surface area contributed by atoms with Gasteiger partial charge in [0.2, 0.25) is 0 Å². The average Bonchev–Trinajstić information content (AvgIpc) is 2.33. The molecule has 17 heavy (non-hydrogen) atoms. The van der Waals surface area contributed by atoms with Crippen LogP contribution in [0.4, 0.5) is 0 Å². The zero-order valence-corrected chi connectivity index (χ0v) is 11.6. The molecule has 3 heteroatoms. The number of aliphatic hydroxyl groups is 1. The van der Waals surface area contributed by atoms with E-state index in [2.05, 4.69) is 13.8 Å². The third-order valence-corrected chi connectivity index (χ3v) is 2.72. The van der Waals surface area contributed by atoms with Gasteiger partial charge in [-0.3, -0.25) is 0 Å². The Morgan fingerprint density at radius 1 is 0.824 bits per heavy atom. The molecule has 0 bridgehead atoms. The summed E-state index contributed by atoms with van der Waals surface area (Å²) in [4.78, 5) is 0. The van der Waals surface area contributed by atoms with Crippen molar-refractivity contribution in [1.82, 2.24) is 0 Å². The molecule has 0 aromatic carbocycles. The highest BCUT2D eigenvalue weighted by atomic mass is 16.5. The third kappa shape index (κ3) is 13.8. The van der Waals surface area contributed by atoms with Gasteiger partial charge in [0.15, 0.2) is 0 Å². The van der Waals surface area contributed by atoms with Crippen LogP contribution in [0.3, 0.4) is 0 Å². The Bertz CT molecular complexity index is 139. The standard InChI is InChI=1S/C14H30O3/c1-3-5-7-8-9-14(15)13-17-12-11-16-10-6-4-2/h14-15H,3-13H2,1-2H3. The summed E-state index contributed by atoms with van der Waals surface area (Å²) in [6, 6.07) is 0. The lowest BCUT2D eigenvalue weighted by Crippen LogP contribution is -2.17. The second-order valence-corrected chi connectivity index (χ2v) is 4.54. The SMILES string of the molecule is CCCCCCC(O)COCCOCCCC. The average molecular weight is 246 g/mol. The smallest absolute Gasteiger partial charge is 0.0773 e. The molecule has 0 aliphatic carbocycles. The molecule has 0 rings (SSSR count). The molecule has 0 aliphatic rings. The molecule has 3 nitrogen and oxygen atoms in total. The fraction of sp³-hybridized carbons (Fsp3) is 1.00. The highest BCUT2D eigenvalue weighted by molar-refractivity contribution is 4.54. The van der Waals surface area contributed by atoms with Crippen LogP contribution in [0.15, 0.2) is 0 Å². The summed E-state index contributed by atoms with van der Waals surface area (Å²) >= 11 is 0. The first-order chi connectivity index (χ1) is 8.31. The number of ether oxygens (including phenoxy) is 2. The van der Waals surface area contributed by atoms with Crippen LogP contribution in [0.5, 0.6) is 0 Å². The fourth-order valence-corrected chi connectivity index (χ4v) is 1.58. The third-order valence-electron chi connectivity index (χ3n) is 2.72. The van der Waals surface area contributed by atoms with Crippen molar-refractivity contribution in [2.75, 3.05) is 26.4 Å². The zero-order chi connectivity index (χ0) is 12.8. The van der Waals surface area contributed by atoms with Gasteiger partial charge in [0.1, 0.15) is 0 Å². The normalized spacial score (nSPS) is 12.9. The van der Waals surface area contributed by atoms with Gasteiger partial charge in [-0.25, -0.2) is 0 Å². The first-order valence-corrected chi connectivity index (χ1v) is 7.14. The Balaban J connectivity index is 3.08. The first kappa shape index (κ1) is 16.9. The summed E-state index contributed by atoms with van der Waals surface area (Å²) in [5, 5.41) is 9.62. The van der Waals surface area contributed by atoms with Gasteiger partial charge in [0.25, 0.3) is 0 Å². The number of rotatable bonds is 13. The molecule has 1 unspecified atom stereocenters. The van der Waals surface area contributed by atoms with Crippen LogP contribution in [-0.2, 0) is 9.47 Å². The van der Waals surface area contributed by atoms with Crippen LogP contribution in [-0.4, -0.2) is 37.6 Å². The predicted molar refractivity (Wildman–Crippen MR) is 71.3 cm³/mol. The van der Waals surface area contributed by atoms with E-state index in [9.17, 15) is 5.11 Å². The van der Waals surface area contributed by atoms with Crippen LogP contribution in [0.1, 0.15) is 58.8 Å². The van der Waals surface area contributed by atoms with E-state index in [4.69, 9.17) is 9.47 Å². The lowest BCUT2D eigenvalue weighted by molar-refractivity contribution is 0.000377. The molecule has 0 aromatic heterocycles. The van der Waals surface area contributed by atoms with Gasteiger partial charge >= 0.3 is 0 Å². The molecule has 0 fully saturated rings. The molecular weight excluding hydrogens is 216 g/mol. The molecular formula is C14H30O3. The summed E-state index contributed by atoms with van der Waals surface area (Å²) in [5.74, 6) is 0. The molecule has 0 aliphatic heterocycles. The monoisotopic (exact) mass is 246 g/mol. The lowest BCUT2D eigenvalue weighted by Gasteiger charge is -2.11. The Morgan fingerprint density at radius 3 is 2.24 bits per heavy atom. The quantitative estimate of drug-likeness (QED) is 0.507. The van der Waals surface area contributed by atoms with Gasteiger partial charge in [0, 0.05) is 6.61 Å². The maximum atomic E-state index is 9.62. The van der Waals surface area contributed by atoms with Crippen molar-refractivity contribution in [3.05, 3.63) is 0 Å². The van der Waals surface area contributed by atoms with Crippen molar-refractivity contribution in [1.29, 1.82) is 0 Å². The van der Waals surface area contributed by atoms with Crippen molar-refractivity contribution in [2.24, 2.45) is 0 Å². The molecule has 0 spiro atoms. The van der Waals surface area contributed by atoms with Crippen LogP contribution in [0.25, 0.3) is 0 Å². The molecule has 0 saturated carbocycles. The molecule has 0 heterocycles. The second-order valence-electron chi connectivity index (χ2n) is 4.54. The molecule has 0 saturated heterocycles. The summed E-state index contributed by atoms with van der Waals surface area (Å²) < 4.78 is 10.7. The second kappa shape index (κ2) is 13.9. The highest BCUT2D eigenvalue weighted by Gasteiger charge is 2.03. The van der Waals surface area contributed by atoms with Gasteiger partial charge in [-0.15, -0.1) is 0 Å². The molecule has 0 amide bonds. The number of aliphatic hydroxyl groups excluding tert-OH is 1. The van der Waals surface area contributed by atoms with Gasteiger partial charge in [-0.1, -0.05) is 46.0 Å². The largest absolute Gasteiger partial charge is 0.391 e. The van der Waals surface area contributed by atoms with Crippen LogP contribution < -0.4 is 0 Å². The summed E-state index contributed by atoms with van der Waals surface area (Å²) in [6.45, 7) is 6.84. The summed E-state index contributed by atoms with van der Waals surface area (Å²) in [7, 11) is 0. The molecule has 0 radical (unpaired) electrons. The van der Waals surface area contributed by atoms with Gasteiger partial charge in [-0.05, 0) is 12.8 Å². The topological polar surface area (TPSA) is 38.7 Å². The maximum Gasteiger partial charge on any atom is 0.0773 e. The number of unbranched alkanes of at least 4 members (excludes halogenated alkanes) is 4. The first-order valence-electron chi connectivity index (χ1n) is 7.14. The minimum absolute atomic E-state index is 0.303. The van der Waals surface area contributed by atoms with Gasteiger partial charge in [0.05, 0.1) is 25.9 Å². The minimum Gasteiger partial charge on any atom is -0.391 e. The summed E-state index contributed by atoms with van der Waals surface area (Å²) in [6.07, 6.45) is 7.65. The van der Waals surface area contributed by atoms with E-state index in [-0.39, 0.29) is 6.10 Å². The van der Waals surface area contributed by atoms with E-state index in [1.165, 1.54) is 19.3 Å². The Labute approximate surface area is 107 Å². The summed E-state index contributed by atoms with van der Waals surface area (Å²) in [5.41, 5.74) is 0. The number of hydrogen-bond donors (Lipinski definition) is 1. The Hall–Kier alpha value is -0.120. The van der Waals surface area contributed by atoms with Crippen molar-refractivity contribution in [2.45, 2.75) is 64.9 Å². The van der Waals surface area contributed by atoms with Gasteiger partial charge in [-0.2, -0.15) is 0 Å². The van der Waals surface area contributed by atoms with E-state index < -0.39 is 0 Å². The van der Waals surface area contributed by atoms with Crippen LogP contribution in [0, 0.1) is 0 Å². The zero-order valence-electron chi connectivity index (χ0n) is 11.6. The van der Waals surface area contributed by atoms with E-state index in [0.29, 0.717) is 19.8 Å². The van der Waals surface area contributed by atoms with E-state index in [1.54, 1.807) is 0 Å². The van der Waals surface area contributed by atoms with Crippen molar-refractivity contribution in [3.8, 4) is 0 Å². The van der Waals surface area contributed by atoms with Crippen LogP contribution >= 0.6 is 0 Å². The lowest BCUT2D eigenvalue weighted by atomic mass is 10.1. The Morgan fingerprint density at radius 2 is 1.53 bits per heavy atom. The Kier molecular flexibility index (Phi) is 13.8.